The minimum absolute atomic E-state index is 0.717. The predicted octanol–water partition coefficient (Wildman–Crippen LogP) is 4.23. The number of hydrogen-bond donors (Lipinski definition) is 0. The van der Waals surface area contributed by atoms with Crippen LogP contribution in [0.4, 0.5) is 0 Å². The van der Waals surface area contributed by atoms with Gasteiger partial charge >= 0.3 is 0 Å². The Labute approximate surface area is 108 Å². The normalized spacial score (nSPS) is 38.0. The Morgan fingerprint density at radius 3 is 1.83 bits per heavy atom. The van der Waals surface area contributed by atoms with Crippen LogP contribution in [0.3, 0.4) is 0 Å². The van der Waals surface area contributed by atoms with Gasteiger partial charge in [0.15, 0.2) is 6.29 Å². The Hall–Kier alpha value is -1.11. The molecule has 4 aliphatic rings. The molecule has 0 spiro atoms. The SMILES string of the molecule is O=Cc1c2c(cc3c1C1CCC3C1)C1CCC2C1. The van der Waals surface area contributed by atoms with E-state index >= 15 is 0 Å². The molecule has 1 aromatic carbocycles. The number of fused-ring (bicyclic) bond motifs is 10. The molecule has 92 valence electrons. The Bertz CT molecular complexity index is 527. The first-order valence-corrected chi connectivity index (χ1v) is 7.52. The first-order valence-electron chi connectivity index (χ1n) is 7.52. The molecule has 4 aliphatic carbocycles. The molecule has 18 heavy (non-hydrogen) atoms. The first kappa shape index (κ1) is 9.77. The van der Waals surface area contributed by atoms with Crippen LogP contribution in [0, 0.1) is 0 Å². The number of hydrogen-bond acceptors (Lipinski definition) is 1. The molecule has 1 aromatic rings. The monoisotopic (exact) mass is 238 g/mol. The van der Waals surface area contributed by atoms with E-state index in [0.29, 0.717) is 0 Å². The van der Waals surface area contributed by atoms with Crippen LogP contribution in [0.2, 0.25) is 0 Å². The van der Waals surface area contributed by atoms with Crippen molar-refractivity contribution in [1.82, 2.24) is 0 Å². The van der Waals surface area contributed by atoms with Crippen molar-refractivity contribution in [2.45, 2.75) is 62.2 Å². The molecule has 0 aliphatic heterocycles. The molecule has 5 rings (SSSR count). The summed E-state index contributed by atoms with van der Waals surface area (Å²) in [5.41, 5.74) is 7.24. The highest BCUT2D eigenvalue weighted by atomic mass is 16.1. The van der Waals surface area contributed by atoms with Crippen LogP contribution in [0.25, 0.3) is 0 Å². The highest BCUT2D eigenvalue weighted by Gasteiger charge is 2.45. The molecule has 4 bridgehead atoms. The van der Waals surface area contributed by atoms with Crippen LogP contribution in [0.15, 0.2) is 6.07 Å². The second kappa shape index (κ2) is 3.07. The molecule has 1 heteroatoms. The van der Waals surface area contributed by atoms with Gasteiger partial charge in [-0.2, -0.15) is 0 Å². The van der Waals surface area contributed by atoms with E-state index in [1.165, 1.54) is 55.9 Å². The number of carbonyl (C=O) groups excluding carboxylic acids is 1. The van der Waals surface area contributed by atoms with Crippen molar-refractivity contribution in [1.29, 1.82) is 0 Å². The van der Waals surface area contributed by atoms with Crippen LogP contribution < -0.4 is 0 Å². The highest BCUT2D eigenvalue weighted by Crippen LogP contribution is 2.60. The first-order chi connectivity index (χ1) is 8.86. The molecule has 0 N–H and O–H groups in total. The minimum atomic E-state index is 0.717. The average Bonchev–Trinajstić information content (AvgIpc) is 3.15. The lowest BCUT2D eigenvalue weighted by atomic mass is 9.79. The Balaban J connectivity index is 1.84. The van der Waals surface area contributed by atoms with Crippen LogP contribution in [0.1, 0.15) is 94.8 Å². The maximum atomic E-state index is 11.7. The molecule has 0 saturated heterocycles. The molecule has 0 radical (unpaired) electrons. The van der Waals surface area contributed by atoms with E-state index in [-0.39, 0.29) is 0 Å². The van der Waals surface area contributed by atoms with Crippen LogP contribution in [-0.2, 0) is 0 Å². The second-order valence-corrected chi connectivity index (χ2v) is 6.83. The molecule has 4 unspecified atom stereocenters. The van der Waals surface area contributed by atoms with Crippen molar-refractivity contribution in [3.63, 3.8) is 0 Å². The summed E-state index contributed by atoms with van der Waals surface area (Å²) in [5.74, 6) is 3.01. The predicted molar refractivity (Wildman–Crippen MR) is 70.5 cm³/mol. The van der Waals surface area contributed by atoms with E-state index in [1.54, 1.807) is 11.1 Å². The number of aldehydes is 1. The maximum absolute atomic E-state index is 11.7. The molecule has 0 aromatic heterocycles. The van der Waals surface area contributed by atoms with Crippen molar-refractivity contribution in [3.8, 4) is 0 Å². The molecule has 2 fully saturated rings. The van der Waals surface area contributed by atoms with Gasteiger partial charge in [0.05, 0.1) is 0 Å². The van der Waals surface area contributed by atoms with Crippen molar-refractivity contribution in [3.05, 3.63) is 33.9 Å². The third-order valence-electron chi connectivity index (χ3n) is 6.19. The van der Waals surface area contributed by atoms with Gasteiger partial charge in [-0.15, -0.1) is 0 Å². The average molecular weight is 238 g/mol. The smallest absolute Gasteiger partial charge is 0.150 e. The van der Waals surface area contributed by atoms with E-state index < -0.39 is 0 Å². The molecule has 4 atom stereocenters. The summed E-state index contributed by atoms with van der Waals surface area (Å²) in [5, 5.41) is 0. The highest BCUT2D eigenvalue weighted by molar-refractivity contribution is 5.84. The second-order valence-electron chi connectivity index (χ2n) is 6.83. The van der Waals surface area contributed by atoms with Gasteiger partial charge in [-0.1, -0.05) is 6.07 Å². The van der Waals surface area contributed by atoms with E-state index in [2.05, 4.69) is 6.07 Å². The number of rotatable bonds is 1. The lowest BCUT2D eigenvalue weighted by Crippen LogP contribution is -2.10. The zero-order valence-corrected chi connectivity index (χ0v) is 10.6. The van der Waals surface area contributed by atoms with Gasteiger partial charge in [-0.05, 0) is 84.5 Å². The van der Waals surface area contributed by atoms with Crippen molar-refractivity contribution in [2.75, 3.05) is 0 Å². The summed E-state index contributed by atoms with van der Waals surface area (Å²) in [6, 6.07) is 2.52. The standard InChI is InChI=1S/C17H18O/c18-8-15-16-11-3-1-9(5-11)13(16)7-14-10-2-4-12(6-10)17(14)15/h7-12H,1-6H2. The fraction of sp³-hybridized carbons (Fsp3) is 0.588. The zero-order valence-electron chi connectivity index (χ0n) is 10.6. The summed E-state index contributed by atoms with van der Waals surface area (Å²) < 4.78 is 0. The van der Waals surface area contributed by atoms with Crippen LogP contribution >= 0.6 is 0 Å². The van der Waals surface area contributed by atoms with Crippen LogP contribution in [-0.4, -0.2) is 6.29 Å². The molecular formula is C17H18O. The van der Waals surface area contributed by atoms with Gasteiger partial charge < -0.3 is 0 Å². The van der Waals surface area contributed by atoms with Gasteiger partial charge in [0.2, 0.25) is 0 Å². The summed E-state index contributed by atoms with van der Waals surface area (Å²) in [4.78, 5) is 11.7. The molecule has 0 heterocycles. The molecule has 1 nitrogen and oxygen atoms in total. The maximum Gasteiger partial charge on any atom is 0.150 e. The van der Waals surface area contributed by atoms with Gasteiger partial charge in [0.25, 0.3) is 0 Å². The third kappa shape index (κ3) is 0.953. The Morgan fingerprint density at radius 2 is 1.33 bits per heavy atom. The van der Waals surface area contributed by atoms with Gasteiger partial charge in [0.1, 0.15) is 0 Å². The topological polar surface area (TPSA) is 17.1 Å². The zero-order chi connectivity index (χ0) is 11.9. The lowest BCUT2D eigenvalue weighted by Gasteiger charge is -2.24. The van der Waals surface area contributed by atoms with Crippen LogP contribution in [0.5, 0.6) is 0 Å². The Kier molecular flexibility index (Phi) is 1.67. The van der Waals surface area contributed by atoms with Gasteiger partial charge in [-0.25, -0.2) is 0 Å². The fourth-order valence-electron chi connectivity index (χ4n) is 5.55. The van der Waals surface area contributed by atoms with E-state index in [4.69, 9.17) is 0 Å². The van der Waals surface area contributed by atoms with Gasteiger partial charge in [-0.3, -0.25) is 4.79 Å². The van der Waals surface area contributed by atoms with E-state index in [0.717, 1.165) is 29.2 Å². The lowest BCUT2D eigenvalue weighted by molar-refractivity contribution is 0.112. The molecule has 2 saturated carbocycles. The minimum Gasteiger partial charge on any atom is -0.298 e. The number of carbonyl (C=O) groups is 1. The van der Waals surface area contributed by atoms with Crippen molar-refractivity contribution < 1.29 is 4.79 Å². The number of benzene rings is 1. The summed E-state index contributed by atoms with van der Waals surface area (Å²) in [7, 11) is 0. The van der Waals surface area contributed by atoms with Crippen molar-refractivity contribution in [2.24, 2.45) is 0 Å². The van der Waals surface area contributed by atoms with E-state index in [9.17, 15) is 4.79 Å². The summed E-state index contributed by atoms with van der Waals surface area (Å²) >= 11 is 0. The largest absolute Gasteiger partial charge is 0.298 e. The van der Waals surface area contributed by atoms with Gasteiger partial charge in [0, 0.05) is 5.56 Å². The third-order valence-corrected chi connectivity index (χ3v) is 6.19. The quantitative estimate of drug-likeness (QED) is 0.669. The summed E-state index contributed by atoms with van der Waals surface area (Å²) in [6.07, 6.45) is 9.23. The molecular weight excluding hydrogens is 220 g/mol. The van der Waals surface area contributed by atoms with Crippen molar-refractivity contribution >= 4 is 6.29 Å². The molecule has 0 amide bonds. The Morgan fingerprint density at radius 1 is 0.833 bits per heavy atom. The summed E-state index contributed by atoms with van der Waals surface area (Å²) in [6.45, 7) is 0. The fourth-order valence-corrected chi connectivity index (χ4v) is 5.55. The van der Waals surface area contributed by atoms with E-state index in [1.807, 2.05) is 0 Å².